The SMILES string of the molecule is CCN(C(=O)c1sc(C)nc1C)C1CCCC1CN. The smallest absolute Gasteiger partial charge is 0.266 e. The van der Waals surface area contributed by atoms with Gasteiger partial charge in [-0.2, -0.15) is 0 Å². The maximum Gasteiger partial charge on any atom is 0.266 e. The highest BCUT2D eigenvalue weighted by atomic mass is 32.1. The molecular formula is C14H23N3OS. The lowest BCUT2D eigenvalue weighted by Crippen LogP contribution is -2.44. The second-order valence-corrected chi connectivity index (χ2v) is 6.44. The summed E-state index contributed by atoms with van der Waals surface area (Å²) in [6.07, 6.45) is 3.40. The van der Waals surface area contributed by atoms with E-state index in [1.54, 1.807) is 0 Å². The van der Waals surface area contributed by atoms with Crippen molar-refractivity contribution in [3.05, 3.63) is 15.6 Å². The van der Waals surface area contributed by atoms with E-state index in [-0.39, 0.29) is 5.91 Å². The summed E-state index contributed by atoms with van der Waals surface area (Å²) in [5.74, 6) is 0.592. The summed E-state index contributed by atoms with van der Waals surface area (Å²) in [6, 6.07) is 0.310. The van der Waals surface area contributed by atoms with E-state index >= 15 is 0 Å². The molecule has 0 aromatic carbocycles. The van der Waals surface area contributed by atoms with Gasteiger partial charge in [0, 0.05) is 12.6 Å². The monoisotopic (exact) mass is 281 g/mol. The van der Waals surface area contributed by atoms with Gasteiger partial charge >= 0.3 is 0 Å². The molecule has 2 atom stereocenters. The minimum absolute atomic E-state index is 0.135. The van der Waals surface area contributed by atoms with Gasteiger partial charge in [0.25, 0.3) is 5.91 Å². The Labute approximate surface area is 119 Å². The normalized spacial score (nSPS) is 22.7. The highest BCUT2D eigenvalue weighted by Crippen LogP contribution is 2.31. The number of hydrogen-bond acceptors (Lipinski definition) is 4. The number of amides is 1. The molecule has 5 heteroatoms. The van der Waals surface area contributed by atoms with Crippen molar-refractivity contribution in [3.63, 3.8) is 0 Å². The zero-order chi connectivity index (χ0) is 14.0. The Hall–Kier alpha value is -0.940. The summed E-state index contributed by atoms with van der Waals surface area (Å²) >= 11 is 1.50. The fourth-order valence-corrected chi connectivity index (χ4v) is 3.97. The fourth-order valence-electron chi connectivity index (χ4n) is 3.09. The van der Waals surface area contributed by atoms with E-state index in [9.17, 15) is 4.79 Å². The standard InChI is InChI=1S/C14H23N3OS/c1-4-17(12-7-5-6-11(12)8-15)14(18)13-9(2)16-10(3)19-13/h11-12H,4-8,15H2,1-3H3. The van der Waals surface area contributed by atoms with Crippen molar-refractivity contribution in [2.45, 2.75) is 46.1 Å². The molecule has 0 saturated heterocycles. The Balaban J connectivity index is 2.22. The van der Waals surface area contributed by atoms with E-state index in [2.05, 4.69) is 4.98 Å². The van der Waals surface area contributed by atoms with Gasteiger partial charge in [0.05, 0.1) is 10.7 Å². The van der Waals surface area contributed by atoms with Crippen molar-refractivity contribution in [3.8, 4) is 0 Å². The van der Waals surface area contributed by atoms with E-state index in [4.69, 9.17) is 5.73 Å². The Kier molecular flexibility index (Phi) is 4.58. The van der Waals surface area contributed by atoms with Crippen molar-refractivity contribution in [2.24, 2.45) is 11.7 Å². The average molecular weight is 281 g/mol. The maximum absolute atomic E-state index is 12.7. The van der Waals surface area contributed by atoms with Gasteiger partial charge < -0.3 is 10.6 Å². The van der Waals surface area contributed by atoms with Crippen LogP contribution in [0.2, 0.25) is 0 Å². The number of carbonyl (C=O) groups excluding carboxylic acids is 1. The van der Waals surface area contributed by atoms with E-state index in [0.29, 0.717) is 18.5 Å². The highest BCUT2D eigenvalue weighted by molar-refractivity contribution is 7.13. The highest BCUT2D eigenvalue weighted by Gasteiger charge is 2.34. The fraction of sp³-hybridized carbons (Fsp3) is 0.714. The molecule has 0 spiro atoms. The molecular weight excluding hydrogens is 258 g/mol. The van der Waals surface area contributed by atoms with Crippen molar-refractivity contribution < 1.29 is 4.79 Å². The number of nitrogens with two attached hydrogens (primary N) is 1. The zero-order valence-electron chi connectivity index (χ0n) is 12.0. The predicted octanol–water partition coefficient (Wildman–Crippen LogP) is 2.35. The van der Waals surface area contributed by atoms with Crippen LogP contribution in [0.25, 0.3) is 0 Å². The Bertz CT molecular complexity index is 458. The lowest BCUT2D eigenvalue weighted by Gasteiger charge is -2.31. The van der Waals surface area contributed by atoms with Gasteiger partial charge in [-0.05, 0) is 46.1 Å². The molecule has 1 aliphatic carbocycles. The van der Waals surface area contributed by atoms with Crippen LogP contribution in [0.5, 0.6) is 0 Å². The second-order valence-electron chi connectivity index (χ2n) is 5.23. The van der Waals surface area contributed by atoms with Crippen molar-refractivity contribution >= 4 is 17.2 Å². The number of carbonyl (C=O) groups is 1. The van der Waals surface area contributed by atoms with Gasteiger partial charge in [0.1, 0.15) is 4.88 Å². The third-order valence-electron chi connectivity index (χ3n) is 4.02. The molecule has 2 rings (SSSR count). The zero-order valence-corrected chi connectivity index (χ0v) is 12.8. The Morgan fingerprint density at radius 1 is 1.47 bits per heavy atom. The molecule has 4 nitrogen and oxygen atoms in total. The topological polar surface area (TPSA) is 59.2 Å². The molecule has 19 heavy (non-hydrogen) atoms. The summed E-state index contributed by atoms with van der Waals surface area (Å²) in [5.41, 5.74) is 6.70. The minimum Gasteiger partial charge on any atom is -0.335 e. The van der Waals surface area contributed by atoms with Crippen LogP contribution in [-0.2, 0) is 0 Å². The van der Waals surface area contributed by atoms with Crippen LogP contribution in [0.15, 0.2) is 0 Å². The molecule has 1 saturated carbocycles. The number of aryl methyl sites for hydroxylation is 2. The van der Waals surface area contributed by atoms with Crippen molar-refractivity contribution in [1.82, 2.24) is 9.88 Å². The summed E-state index contributed by atoms with van der Waals surface area (Å²) in [5, 5.41) is 0.957. The maximum atomic E-state index is 12.7. The van der Waals surface area contributed by atoms with Crippen LogP contribution < -0.4 is 5.73 Å². The first-order valence-electron chi connectivity index (χ1n) is 7.03. The first-order chi connectivity index (χ1) is 9.08. The third kappa shape index (κ3) is 2.82. The molecule has 0 aliphatic heterocycles. The van der Waals surface area contributed by atoms with Crippen LogP contribution in [0.4, 0.5) is 0 Å². The molecule has 1 fully saturated rings. The average Bonchev–Trinajstić information content (AvgIpc) is 2.96. The summed E-state index contributed by atoms with van der Waals surface area (Å²) in [6.45, 7) is 7.33. The molecule has 2 unspecified atom stereocenters. The van der Waals surface area contributed by atoms with Gasteiger partial charge in [-0.15, -0.1) is 11.3 Å². The number of thiazole rings is 1. The molecule has 2 N–H and O–H groups in total. The molecule has 0 radical (unpaired) electrons. The summed E-state index contributed by atoms with van der Waals surface area (Å²) in [7, 11) is 0. The second kappa shape index (κ2) is 6.01. The first kappa shape index (κ1) is 14.5. The van der Waals surface area contributed by atoms with Gasteiger partial charge in [0.2, 0.25) is 0 Å². The van der Waals surface area contributed by atoms with Crippen LogP contribution >= 0.6 is 11.3 Å². The first-order valence-corrected chi connectivity index (χ1v) is 7.85. The largest absolute Gasteiger partial charge is 0.335 e. The van der Waals surface area contributed by atoms with Crippen LogP contribution in [0.1, 0.15) is 46.6 Å². The lowest BCUT2D eigenvalue weighted by molar-refractivity contribution is 0.0656. The van der Waals surface area contributed by atoms with Crippen molar-refractivity contribution in [2.75, 3.05) is 13.1 Å². The summed E-state index contributed by atoms with van der Waals surface area (Å²) < 4.78 is 0. The van der Waals surface area contributed by atoms with Crippen molar-refractivity contribution in [1.29, 1.82) is 0 Å². The molecule has 1 amide bonds. The number of rotatable bonds is 4. The predicted molar refractivity (Wildman–Crippen MR) is 78.5 cm³/mol. The molecule has 1 aromatic heterocycles. The van der Waals surface area contributed by atoms with Gasteiger partial charge in [0.15, 0.2) is 0 Å². The quantitative estimate of drug-likeness (QED) is 0.921. The van der Waals surface area contributed by atoms with Gasteiger partial charge in [-0.25, -0.2) is 4.98 Å². The van der Waals surface area contributed by atoms with E-state index in [1.165, 1.54) is 17.8 Å². The van der Waals surface area contributed by atoms with Crippen LogP contribution in [-0.4, -0.2) is 34.9 Å². The van der Waals surface area contributed by atoms with Gasteiger partial charge in [-0.1, -0.05) is 6.42 Å². The van der Waals surface area contributed by atoms with E-state index in [0.717, 1.165) is 35.0 Å². The number of hydrogen-bond donors (Lipinski definition) is 1. The van der Waals surface area contributed by atoms with E-state index < -0.39 is 0 Å². The molecule has 1 heterocycles. The minimum atomic E-state index is 0.135. The van der Waals surface area contributed by atoms with Crippen LogP contribution in [0.3, 0.4) is 0 Å². The third-order valence-corrected chi connectivity index (χ3v) is 5.08. The van der Waals surface area contributed by atoms with Gasteiger partial charge in [-0.3, -0.25) is 4.79 Å². The molecule has 1 aliphatic rings. The Morgan fingerprint density at radius 3 is 2.74 bits per heavy atom. The summed E-state index contributed by atoms with van der Waals surface area (Å²) in [4.78, 5) is 19.9. The molecule has 106 valence electrons. The lowest BCUT2D eigenvalue weighted by atomic mass is 10.0. The molecule has 1 aromatic rings. The number of aromatic nitrogens is 1. The van der Waals surface area contributed by atoms with Crippen LogP contribution in [0, 0.1) is 19.8 Å². The number of nitrogens with zero attached hydrogens (tertiary/aromatic N) is 2. The van der Waals surface area contributed by atoms with E-state index in [1.807, 2.05) is 25.7 Å². The Morgan fingerprint density at radius 2 is 2.21 bits per heavy atom. The molecule has 0 bridgehead atoms.